The number of carbonyl (C=O) groups excluding carboxylic acids is 1. The van der Waals surface area contributed by atoms with E-state index in [4.69, 9.17) is 16.3 Å². The molecule has 0 radical (unpaired) electrons. The summed E-state index contributed by atoms with van der Waals surface area (Å²) in [5.74, 6) is 0.786. The first-order chi connectivity index (χ1) is 12.6. The molecule has 0 aliphatic carbocycles. The number of likely N-dealkylation sites (N-methyl/N-ethyl adjacent to an activating group) is 1. The quantitative estimate of drug-likeness (QED) is 0.757. The van der Waals surface area contributed by atoms with Gasteiger partial charge in [-0.2, -0.15) is 0 Å². The summed E-state index contributed by atoms with van der Waals surface area (Å²) in [4.78, 5) is 16.9. The number of nitrogens with zero attached hydrogens (tertiary/aromatic N) is 2. The number of hydrogen-bond acceptors (Lipinski definition) is 3. The van der Waals surface area contributed by atoms with Crippen LogP contribution in [0.2, 0.25) is 5.02 Å². The summed E-state index contributed by atoms with van der Waals surface area (Å²) >= 11 is 5.94. The van der Waals surface area contributed by atoms with E-state index in [1.807, 2.05) is 24.1 Å². The van der Waals surface area contributed by atoms with Crippen molar-refractivity contribution in [1.82, 2.24) is 9.80 Å². The van der Waals surface area contributed by atoms with E-state index in [1.165, 1.54) is 18.4 Å². The Balaban J connectivity index is 1.36. The van der Waals surface area contributed by atoms with Crippen LogP contribution in [-0.4, -0.2) is 61.6 Å². The smallest absolute Gasteiger partial charge is 0.251 e. The average Bonchev–Trinajstić information content (AvgIpc) is 2.68. The van der Waals surface area contributed by atoms with Gasteiger partial charge in [-0.1, -0.05) is 23.7 Å². The van der Waals surface area contributed by atoms with Crippen LogP contribution < -0.4 is 0 Å². The summed E-state index contributed by atoms with van der Waals surface area (Å²) < 4.78 is 5.64. The maximum absolute atomic E-state index is 12.5. The number of carbonyl (C=O) groups is 1. The van der Waals surface area contributed by atoms with E-state index in [2.05, 4.69) is 17.0 Å². The lowest BCUT2D eigenvalue weighted by atomic mass is 9.95. The maximum Gasteiger partial charge on any atom is 0.251 e. The zero-order valence-electron chi connectivity index (χ0n) is 15.8. The van der Waals surface area contributed by atoms with Crippen LogP contribution in [0.25, 0.3) is 0 Å². The minimum absolute atomic E-state index is 0.176. The fourth-order valence-electron chi connectivity index (χ4n) is 3.99. The molecular formula is C21H31ClN2O2. The molecule has 2 saturated heterocycles. The normalized spacial score (nSPS) is 22.3. The Morgan fingerprint density at radius 3 is 2.58 bits per heavy atom. The summed E-state index contributed by atoms with van der Waals surface area (Å²) in [5, 5.41) is 0.798. The van der Waals surface area contributed by atoms with Crippen LogP contribution in [0.4, 0.5) is 0 Å². The number of hydrogen-bond donors (Lipinski definition) is 0. The SMILES string of the molecule is CN(CC1CCN(CCc2ccc(Cl)cc2)CC1)C(=O)[C@@H]1CCCCO1. The Labute approximate surface area is 162 Å². The fourth-order valence-corrected chi connectivity index (χ4v) is 4.12. The van der Waals surface area contributed by atoms with Crippen LogP contribution in [0.15, 0.2) is 24.3 Å². The third-order valence-corrected chi connectivity index (χ3v) is 5.95. The first-order valence-corrected chi connectivity index (χ1v) is 10.3. The van der Waals surface area contributed by atoms with Crippen molar-refractivity contribution in [3.8, 4) is 0 Å². The lowest BCUT2D eigenvalue weighted by molar-refractivity contribution is -0.145. The van der Waals surface area contributed by atoms with Gasteiger partial charge in [0.15, 0.2) is 0 Å². The zero-order valence-corrected chi connectivity index (χ0v) is 16.6. The summed E-state index contributed by atoms with van der Waals surface area (Å²) in [5.41, 5.74) is 1.34. The van der Waals surface area contributed by atoms with Gasteiger partial charge in [-0.05, 0) is 75.2 Å². The molecule has 26 heavy (non-hydrogen) atoms. The van der Waals surface area contributed by atoms with Gasteiger partial charge in [-0.25, -0.2) is 0 Å². The van der Waals surface area contributed by atoms with Crippen molar-refractivity contribution in [2.24, 2.45) is 5.92 Å². The molecule has 0 N–H and O–H groups in total. The molecule has 0 bridgehead atoms. The zero-order chi connectivity index (χ0) is 18.4. The van der Waals surface area contributed by atoms with Crippen LogP contribution in [0.1, 0.15) is 37.7 Å². The Kier molecular flexibility index (Phi) is 7.35. The van der Waals surface area contributed by atoms with Crippen LogP contribution in [-0.2, 0) is 16.0 Å². The summed E-state index contributed by atoms with van der Waals surface area (Å²) in [6.45, 7) is 4.94. The van der Waals surface area contributed by atoms with E-state index in [-0.39, 0.29) is 12.0 Å². The van der Waals surface area contributed by atoms with E-state index < -0.39 is 0 Å². The largest absolute Gasteiger partial charge is 0.368 e. The van der Waals surface area contributed by atoms with Gasteiger partial charge in [-0.3, -0.25) is 4.79 Å². The summed E-state index contributed by atoms with van der Waals surface area (Å²) in [6.07, 6.45) is 6.28. The predicted molar refractivity (Wildman–Crippen MR) is 106 cm³/mol. The molecule has 1 atom stereocenters. The summed E-state index contributed by atoms with van der Waals surface area (Å²) in [7, 11) is 1.94. The third kappa shape index (κ3) is 5.70. The van der Waals surface area contributed by atoms with Gasteiger partial charge in [0.2, 0.25) is 0 Å². The Bertz CT molecular complexity index is 564. The molecule has 2 fully saturated rings. The van der Waals surface area contributed by atoms with Crippen molar-refractivity contribution in [3.05, 3.63) is 34.9 Å². The second-order valence-electron chi connectivity index (χ2n) is 7.74. The van der Waals surface area contributed by atoms with Gasteiger partial charge in [0.05, 0.1) is 0 Å². The maximum atomic E-state index is 12.5. The lowest BCUT2D eigenvalue weighted by Crippen LogP contribution is -2.44. The molecule has 2 aliphatic heterocycles. The lowest BCUT2D eigenvalue weighted by Gasteiger charge is -2.35. The van der Waals surface area contributed by atoms with Crippen molar-refractivity contribution < 1.29 is 9.53 Å². The number of ether oxygens (including phenoxy) is 1. The number of halogens is 1. The van der Waals surface area contributed by atoms with Gasteiger partial charge in [0.1, 0.15) is 6.10 Å². The van der Waals surface area contributed by atoms with Gasteiger partial charge < -0.3 is 14.5 Å². The molecule has 3 rings (SSSR count). The van der Waals surface area contributed by atoms with E-state index in [0.29, 0.717) is 5.92 Å². The first kappa shape index (κ1) is 19.7. The fraction of sp³-hybridized carbons (Fsp3) is 0.667. The molecule has 0 saturated carbocycles. The average molecular weight is 379 g/mol. The Morgan fingerprint density at radius 1 is 1.19 bits per heavy atom. The first-order valence-electron chi connectivity index (χ1n) is 9.95. The molecule has 4 nitrogen and oxygen atoms in total. The standard InChI is InChI=1S/C21H31ClN2O2/c1-23(21(25)20-4-2-3-15-26-20)16-18-10-13-24(14-11-18)12-9-17-5-7-19(22)8-6-17/h5-8,18,20H,2-4,9-16H2,1H3/t20-/m0/s1. The Morgan fingerprint density at radius 2 is 1.92 bits per heavy atom. The molecule has 1 aromatic rings. The monoisotopic (exact) mass is 378 g/mol. The molecule has 2 aliphatic rings. The second kappa shape index (κ2) is 9.72. The molecule has 0 aromatic heterocycles. The molecule has 5 heteroatoms. The molecule has 144 valence electrons. The van der Waals surface area contributed by atoms with E-state index in [9.17, 15) is 4.79 Å². The van der Waals surface area contributed by atoms with Crippen LogP contribution in [0.3, 0.4) is 0 Å². The topological polar surface area (TPSA) is 32.8 Å². The van der Waals surface area contributed by atoms with Crippen molar-refractivity contribution in [2.75, 3.05) is 39.8 Å². The van der Waals surface area contributed by atoms with Crippen molar-refractivity contribution in [1.29, 1.82) is 0 Å². The molecule has 0 unspecified atom stereocenters. The highest BCUT2D eigenvalue weighted by molar-refractivity contribution is 6.30. The number of benzene rings is 1. The minimum Gasteiger partial charge on any atom is -0.368 e. The van der Waals surface area contributed by atoms with Gasteiger partial charge >= 0.3 is 0 Å². The van der Waals surface area contributed by atoms with Crippen molar-refractivity contribution in [2.45, 2.75) is 44.6 Å². The molecule has 1 aromatic carbocycles. The number of amides is 1. The molecule has 0 spiro atoms. The van der Waals surface area contributed by atoms with E-state index >= 15 is 0 Å². The van der Waals surface area contributed by atoms with Crippen LogP contribution in [0.5, 0.6) is 0 Å². The minimum atomic E-state index is -0.201. The highest BCUT2D eigenvalue weighted by atomic mass is 35.5. The molecule has 1 amide bonds. The highest BCUT2D eigenvalue weighted by Crippen LogP contribution is 2.21. The van der Waals surface area contributed by atoms with E-state index in [1.54, 1.807) is 0 Å². The summed E-state index contributed by atoms with van der Waals surface area (Å²) in [6, 6.07) is 8.16. The van der Waals surface area contributed by atoms with Gasteiger partial charge in [0.25, 0.3) is 5.91 Å². The van der Waals surface area contributed by atoms with Gasteiger partial charge in [0, 0.05) is 31.8 Å². The predicted octanol–water partition coefficient (Wildman–Crippen LogP) is 3.62. The highest BCUT2D eigenvalue weighted by Gasteiger charge is 2.27. The van der Waals surface area contributed by atoms with E-state index in [0.717, 1.165) is 63.5 Å². The second-order valence-corrected chi connectivity index (χ2v) is 8.17. The Hall–Kier alpha value is -1.10. The van der Waals surface area contributed by atoms with Crippen molar-refractivity contribution >= 4 is 17.5 Å². The number of likely N-dealkylation sites (tertiary alicyclic amines) is 1. The number of rotatable bonds is 6. The number of piperidine rings is 1. The van der Waals surface area contributed by atoms with Gasteiger partial charge in [-0.15, -0.1) is 0 Å². The molecular weight excluding hydrogens is 348 g/mol. The third-order valence-electron chi connectivity index (χ3n) is 5.70. The molecule has 2 heterocycles. The van der Waals surface area contributed by atoms with Crippen molar-refractivity contribution in [3.63, 3.8) is 0 Å². The van der Waals surface area contributed by atoms with Crippen LogP contribution >= 0.6 is 11.6 Å². The van der Waals surface area contributed by atoms with Crippen LogP contribution in [0, 0.1) is 5.92 Å².